The molecule has 6 nitrogen and oxygen atoms in total. The van der Waals surface area contributed by atoms with Crippen LogP contribution in [-0.2, 0) is 14.8 Å². The predicted molar refractivity (Wildman–Crippen MR) is 85.4 cm³/mol. The van der Waals surface area contributed by atoms with Gasteiger partial charge in [0.15, 0.2) is 0 Å². The van der Waals surface area contributed by atoms with Gasteiger partial charge in [0.2, 0.25) is 10.0 Å². The van der Waals surface area contributed by atoms with Crippen molar-refractivity contribution >= 4 is 27.7 Å². The number of nitrogens with one attached hydrogen (secondary N) is 2. The molecule has 0 unspecified atom stereocenters. The number of hydrazine groups is 1. The summed E-state index contributed by atoms with van der Waals surface area (Å²) in [6.07, 6.45) is 2.25. The van der Waals surface area contributed by atoms with E-state index >= 15 is 0 Å². The fraction of sp³-hybridized carbons (Fsp3) is 0.462. The van der Waals surface area contributed by atoms with Gasteiger partial charge in [0.05, 0.1) is 4.90 Å². The van der Waals surface area contributed by atoms with Gasteiger partial charge in [-0.25, -0.2) is 14.3 Å². The first-order chi connectivity index (χ1) is 9.80. The number of carbonyl (C=O) groups is 1. The maximum atomic E-state index is 12.4. The van der Waals surface area contributed by atoms with Crippen LogP contribution >= 0.6 is 11.8 Å². The summed E-state index contributed by atoms with van der Waals surface area (Å²) in [6.45, 7) is 3.65. The lowest BCUT2D eigenvalue weighted by molar-refractivity contribution is -0.122. The van der Waals surface area contributed by atoms with Gasteiger partial charge >= 0.3 is 0 Å². The highest BCUT2D eigenvalue weighted by Crippen LogP contribution is 2.15. The Morgan fingerprint density at radius 3 is 2.33 bits per heavy atom. The third-order valence-corrected chi connectivity index (χ3v) is 4.97. The molecule has 0 fully saturated rings. The number of amides is 1. The van der Waals surface area contributed by atoms with Gasteiger partial charge in [-0.1, -0.05) is 6.07 Å². The number of thioether (sulfide) groups is 1. The standard InChI is InChI=1S/C13H21N3O3S2/c1-9-6-10(2)8-11(7-9)21(18,19)16-12(4-5-20-3)13(17)15-14/h6-8,12,16H,4-5,14H2,1-3H3,(H,15,17)/t12-/m0/s1. The molecule has 4 N–H and O–H groups in total. The highest BCUT2D eigenvalue weighted by atomic mass is 32.2. The second-order valence-electron chi connectivity index (χ2n) is 4.79. The second kappa shape index (κ2) is 7.79. The SMILES string of the molecule is CSCC[C@H](NS(=O)(=O)c1cc(C)cc(C)c1)C(=O)NN. The van der Waals surface area contributed by atoms with Crippen LogP contribution in [0, 0.1) is 13.8 Å². The maximum absolute atomic E-state index is 12.4. The van der Waals surface area contributed by atoms with Crippen LogP contribution in [0.1, 0.15) is 17.5 Å². The van der Waals surface area contributed by atoms with Crippen LogP contribution in [0.15, 0.2) is 23.1 Å². The molecule has 0 spiro atoms. The van der Waals surface area contributed by atoms with Crippen LogP contribution in [0.2, 0.25) is 0 Å². The van der Waals surface area contributed by atoms with E-state index in [0.717, 1.165) is 11.1 Å². The number of nitrogens with two attached hydrogens (primary N) is 1. The van der Waals surface area contributed by atoms with E-state index in [1.54, 1.807) is 12.1 Å². The van der Waals surface area contributed by atoms with E-state index in [0.29, 0.717) is 12.2 Å². The van der Waals surface area contributed by atoms with E-state index in [4.69, 9.17) is 5.84 Å². The largest absolute Gasteiger partial charge is 0.293 e. The molecule has 0 saturated heterocycles. The summed E-state index contributed by atoms with van der Waals surface area (Å²) < 4.78 is 27.2. The summed E-state index contributed by atoms with van der Waals surface area (Å²) in [4.78, 5) is 11.8. The van der Waals surface area contributed by atoms with Gasteiger partial charge in [-0.05, 0) is 55.5 Å². The van der Waals surface area contributed by atoms with Crippen LogP contribution in [0.4, 0.5) is 0 Å². The Balaban J connectivity index is 3.02. The zero-order valence-corrected chi connectivity index (χ0v) is 14.0. The van der Waals surface area contributed by atoms with Gasteiger partial charge < -0.3 is 0 Å². The smallest absolute Gasteiger partial charge is 0.252 e. The maximum Gasteiger partial charge on any atom is 0.252 e. The molecule has 1 amide bonds. The number of aryl methyl sites for hydroxylation is 2. The van der Waals surface area contributed by atoms with E-state index in [1.807, 2.05) is 31.6 Å². The molecule has 0 radical (unpaired) electrons. The lowest BCUT2D eigenvalue weighted by Gasteiger charge is -2.17. The van der Waals surface area contributed by atoms with Crippen LogP contribution in [0.5, 0.6) is 0 Å². The van der Waals surface area contributed by atoms with Crippen molar-refractivity contribution in [2.45, 2.75) is 31.2 Å². The van der Waals surface area contributed by atoms with Gasteiger partial charge in [0.1, 0.15) is 6.04 Å². The number of sulfonamides is 1. The molecule has 0 saturated carbocycles. The minimum Gasteiger partial charge on any atom is -0.293 e. The van der Waals surface area contributed by atoms with E-state index < -0.39 is 22.0 Å². The molecule has 0 aliphatic heterocycles. The molecular weight excluding hydrogens is 310 g/mol. The Hall–Kier alpha value is -1.09. The molecule has 1 aromatic carbocycles. The number of rotatable bonds is 7. The van der Waals surface area contributed by atoms with Crippen molar-refractivity contribution in [1.29, 1.82) is 0 Å². The highest BCUT2D eigenvalue weighted by Gasteiger charge is 2.25. The summed E-state index contributed by atoms with van der Waals surface area (Å²) in [5, 5.41) is 0. The van der Waals surface area contributed by atoms with E-state index in [-0.39, 0.29) is 4.90 Å². The Morgan fingerprint density at radius 1 is 1.29 bits per heavy atom. The van der Waals surface area contributed by atoms with Crippen molar-refractivity contribution in [3.8, 4) is 0 Å². The average Bonchev–Trinajstić information content (AvgIpc) is 2.41. The Morgan fingerprint density at radius 2 is 1.86 bits per heavy atom. The molecule has 0 heterocycles. The lowest BCUT2D eigenvalue weighted by Crippen LogP contribution is -2.49. The van der Waals surface area contributed by atoms with Crippen molar-refractivity contribution in [3.63, 3.8) is 0 Å². The van der Waals surface area contributed by atoms with Crippen molar-refractivity contribution in [2.75, 3.05) is 12.0 Å². The summed E-state index contributed by atoms with van der Waals surface area (Å²) in [7, 11) is -3.77. The molecule has 1 aromatic rings. The molecule has 8 heteroatoms. The van der Waals surface area contributed by atoms with Crippen LogP contribution < -0.4 is 16.0 Å². The Bertz CT molecular complexity index is 582. The summed E-state index contributed by atoms with van der Waals surface area (Å²) in [5.74, 6) is 5.21. The fourth-order valence-corrected chi connectivity index (χ4v) is 3.81. The van der Waals surface area contributed by atoms with E-state index in [2.05, 4.69) is 4.72 Å². The first-order valence-corrected chi connectivity index (χ1v) is 9.28. The van der Waals surface area contributed by atoms with Crippen molar-refractivity contribution in [2.24, 2.45) is 5.84 Å². The third kappa shape index (κ3) is 5.31. The molecule has 0 aliphatic carbocycles. The second-order valence-corrected chi connectivity index (χ2v) is 7.49. The minimum absolute atomic E-state index is 0.152. The molecular formula is C13H21N3O3S2. The highest BCUT2D eigenvalue weighted by molar-refractivity contribution is 7.98. The zero-order chi connectivity index (χ0) is 16.0. The molecule has 1 atom stereocenters. The van der Waals surface area contributed by atoms with Crippen LogP contribution in [-0.4, -0.2) is 32.4 Å². The molecule has 0 aromatic heterocycles. The van der Waals surface area contributed by atoms with Crippen LogP contribution in [0.25, 0.3) is 0 Å². The number of carbonyl (C=O) groups excluding carboxylic acids is 1. The molecule has 118 valence electrons. The Kier molecular flexibility index (Phi) is 6.66. The third-order valence-electron chi connectivity index (χ3n) is 2.87. The van der Waals surface area contributed by atoms with Gasteiger partial charge in [0.25, 0.3) is 5.91 Å². The number of benzene rings is 1. The topological polar surface area (TPSA) is 101 Å². The molecule has 0 bridgehead atoms. The number of hydrogen-bond acceptors (Lipinski definition) is 5. The minimum atomic E-state index is -3.77. The zero-order valence-electron chi connectivity index (χ0n) is 12.3. The van der Waals surface area contributed by atoms with Crippen LogP contribution in [0.3, 0.4) is 0 Å². The van der Waals surface area contributed by atoms with E-state index in [1.165, 1.54) is 11.8 Å². The molecule has 1 rings (SSSR count). The normalized spacial score (nSPS) is 13.0. The predicted octanol–water partition coefficient (Wildman–Crippen LogP) is 0.693. The molecule has 0 aliphatic rings. The average molecular weight is 331 g/mol. The monoisotopic (exact) mass is 331 g/mol. The van der Waals surface area contributed by atoms with Gasteiger partial charge in [-0.15, -0.1) is 0 Å². The summed E-state index contributed by atoms with van der Waals surface area (Å²) in [5.41, 5.74) is 3.69. The van der Waals surface area contributed by atoms with Crippen molar-refractivity contribution in [1.82, 2.24) is 10.1 Å². The summed E-state index contributed by atoms with van der Waals surface area (Å²) in [6, 6.07) is 4.15. The molecule has 21 heavy (non-hydrogen) atoms. The van der Waals surface area contributed by atoms with E-state index in [9.17, 15) is 13.2 Å². The first-order valence-electron chi connectivity index (χ1n) is 6.40. The van der Waals surface area contributed by atoms with Gasteiger partial charge in [-0.2, -0.15) is 16.5 Å². The quantitative estimate of drug-likeness (QED) is 0.388. The first kappa shape index (κ1) is 18.0. The number of hydrogen-bond donors (Lipinski definition) is 3. The van der Waals surface area contributed by atoms with Gasteiger partial charge in [-0.3, -0.25) is 10.2 Å². The van der Waals surface area contributed by atoms with Crippen molar-refractivity contribution < 1.29 is 13.2 Å². The fourth-order valence-electron chi connectivity index (χ4n) is 1.92. The Labute approximate surface area is 129 Å². The van der Waals surface area contributed by atoms with Gasteiger partial charge in [0, 0.05) is 0 Å². The summed E-state index contributed by atoms with van der Waals surface area (Å²) >= 11 is 1.53. The van der Waals surface area contributed by atoms with Crippen molar-refractivity contribution in [3.05, 3.63) is 29.3 Å². The lowest BCUT2D eigenvalue weighted by atomic mass is 10.2.